The van der Waals surface area contributed by atoms with E-state index in [4.69, 9.17) is 10.1 Å². The summed E-state index contributed by atoms with van der Waals surface area (Å²) in [5.41, 5.74) is 9.26. The minimum absolute atomic E-state index is 0.0238. The van der Waals surface area contributed by atoms with Crippen LogP contribution in [0, 0.1) is 30.1 Å². The van der Waals surface area contributed by atoms with Crippen molar-refractivity contribution in [3.05, 3.63) is 113 Å². The van der Waals surface area contributed by atoms with E-state index >= 15 is 0 Å². The molecule has 1 saturated heterocycles. The fourth-order valence-electron chi connectivity index (χ4n) is 14.5. The minimum atomic E-state index is -0.475. The maximum Gasteiger partial charge on any atom is 0.270 e. The molecule has 6 heterocycles. The van der Waals surface area contributed by atoms with Crippen LogP contribution in [0.5, 0.6) is 0 Å². The molecule has 7 aromatic rings. The highest BCUT2D eigenvalue weighted by Gasteiger charge is 2.51. The quantitative estimate of drug-likeness (QED) is 0.0397. The summed E-state index contributed by atoms with van der Waals surface area (Å²) in [6, 6.07) is 23.5. The van der Waals surface area contributed by atoms with Crippen molar-refractivity contribution in [3.63, 3.8) is 0 Å². The Morgan fingerprint density at radius 1 is 0.787 bits per heavy atom. The molecule has 0 spiro atoms. The van der Waals surface area contributed by atoms with Crippen molar-refractivity contribution in [2.75, 3.05) is 28.6 Å². The molecule has 16 nitrogen and oxygen atoms in total. The first kappa shape index (κ1) is 53.4. The van der Waals surface area contributed by atoms with E-state index in [1.165, 1.54) is 49.9 Å². The van der Waals surface area contributed by atoms with Gasteiger partial charge in [-0.05, 0) is 154 Å². The number of aromatic nitrogens is 6. The van der Waals surface area contributed by atoms with Crippen LogP contribution in [0.1, 0.15) is 165 Å². The van der Waals surface area contributed by atoms with E-state index in [2.05, 4.69) is 60.0 Å². The Balaban J connectivity index is 0.632. The summed E-state index contributed by atoms with van der Waals surface area (Å²) in [4.78, 5) is 77.5. The maximum absolute atomic E-state index is 14.5. The number of anilines is 3. The molecule has 4 saturated carbocycles. The molecule has 3 aromatic carbocycles. The SMILES string of the molecule is Cc1c(-c2ccc(N3CCc4cccc(C(=O)Nc5nc6ccccc6s5)c4C3)nc2C(=O)NCCCCCCCCCCCC(=O)Nc2ccc3c(C4CCC(=O)NC4=O)nn(C)c3c2)cnn1CC12CC3CC(CC(C3)C1)C2. The van der Waals surface area contributed by atoms with Crippen molar-refractivity contribution in [2.24, 2.45) is 30.2 Å². The van der Waals surface area contributed by atoms with Gasteiger partial charge in [-0.3, -0.25) is 44.0 Å². The molecule has 6 aliphatic rings. The molecule has 0 radical (unpaired) electrons. The van der Waals surface area contributed by atoms with Crippen LogP contribution in [0.4, 0.5) is 16.6 Å². The van der Waals surface area contributed by atoms with Gasteiger partial charge in [0.15, 0.2) is 5.13 Å². The normalized spacial score (nSPS) is 21.2. The standard InChI is InChI=1S/C63H73N11O5S/c1-39-49(36-65-74(39)38-63-33-40-29-41(34-63)31-42(30-40)35-63)45-22-24-54(73-28-26-43-15-14-16-46(50(43)37-73)59(77)70-62-67-51-17-11-12-18-53(51)80-62)68-58(45)61(79)64-27-13-9-7-5-3-4-6-8-10-19-55(75)66-44-20-21-47-52(32-44)72(2)71-57(47)48-23-25-56(76)69-60(48)78/h11-12,14-18,20-22,24,32,36,40-42,48H,3-10,13,19,23,25-31,33-35,37-38H2,1-2H3,(H,64,79)(H,66,75)(H,67,70,77)(H,69,76,78). The van der Waals surface area contributed by atoms with Crippen LogP contribution in [0.15, 0.2) is 79.0 Å². The number of carbonyl (C=O) groups excluding carboxylic acids is 5. The molecule has 17 heteroatoms. The van der Waals surface area contributed by atoms with E-state index in [0.717, 1.165) is 138 Å². The Labute approximate surface area is 471 Å². The highest BCUT2D eigenvalue weighted by atomic mass is 32.1. The van der Waals surface area contributed by atoms with Crippen LogP contribution in [0.25, 0.3) is 32.2 Å². The van der Waals surface area contributed by atoms with E-state index in [0.29, 0.717) is 71.5 Å². The number of pyridine rings is 1. The lowest BCUT2D eigenvalue weighted by molar-refractivity contribution is -0.134. The molecule has 416 valence electrons. The summed E-state index contributed by atoms with van der Waals surface area (Å²) in [7, 11) is 1.82. The summed E-state index contributed by atoms with van der Waals surface area (Å²) in [6.45, 7) is 4.82. The van der Waals surface area contributed by atoms with Gasteiger partial charge in [-0.25, -0.2) is 9.97 Å². The van der Waals surface area contributed by atoms with Gasteiger partial charge in [-0.1, -0.05) is 80.5 Å². The molecule has 1 unspecified atom stereocenters. The minimum Gasteiger partial charge on any atom is -0.352 e. The zero-order chi connectivity index (χ0) is 54.9. The average molecular weight is 1100 g/mol. The van der Waals surface area contributed by atoms with Gasteiger partial charge in [-0.15, -0.1) is 0 Å². The van der Waals surface area contributed by atoms with Gasteiger partial charge in [0.2, 0.25) is 17.7 Å². The summed E-state index contributed by atoms with van der Waals surface area (Å²) in [6.07, 6.45) is 21.2. The van der Waals surface area contributed by atoms with Crippen LogP contribution in [-0.4, -0.2) is 72.2 Å². The van der Waals surface area contributed by atoms with Crippen LogP contribution in [-0.2, 0) is 40.9 Å². The molecule has 80 heavy (non-hydrogen) atoms. The first-order valence-electron chi connectivity index (χ1n) is 29.4. The molecule has 1 atom stereocenters. The molecule has 4 N–H and O–H groups in total. The predicted octanol–water partition coefficient (Wildman–Crippen LogP) is 11.6. The third-order valence-corrected chi connectivity index (χ3v) is 19.0. The third kappa shape index (κ3) is 11.4. The van der Waals surface area contributed by atoms with E-state index < -0.39 is 5.92 Å². The average Bonchev–Trinajstić information content (AvgIpc) is 4.15. The second kappa shape index (κ2) is 23.1. The number of fused-ring (bicyclic) bond motifs is 3. The van der Waals surface area contributed by atoms with Gasteiger partial charge in [0.1, 0.15) is 11.5 Å². The summed E-state index contributed by atoms with van der Waals surface area (Å²) >= 11 is 1.46. The fraction of sp³-hybridized carbons (Fsp3) is 0.476. The summed E-state index contributed by atoms with van der Waals surface area (Å²) in [5.74, 6) is 1.83. The number of aryl methyl sites for hydroxylation is 1. The van der Waals surface area contributed by atoms with Crippen molar-refractivity contribution < 1.29 is 24.0 Å². The Kier molecular flexibility index (Phi) is 15.4. The topological polar surface area (TPSA) is 198 Å². The van der Waals surface area contributed by atoms with E-state index in [-0.39, 0.29) is 36.0 Å². The van der Waals surface area contributed by atoms with Crippen molar-refractivity contribution in [2.45, 2.75) is 148 Å². The first-order valence-corrected chi connectivity index (χ1v) is 30.2. The Bertz CT molecular complexity index is 3440. The van der Waals surface area contributed by atoms with Gasteiger partial charge in [-0.2, -0.15) is 10.2 Å². The molecular weight excluding hydrogens is 1020 g/mol. The van der Waals surface area contributed by atoms with Crippen LogP contribution in [0.2, 0.25) is 0 Å². The Hall–Kier alpha value is -7.27. The summed E-state index contributed by atoms with van der Waals surface area (Å²) in [5, 5.41) is 22.8. The molecule has 13 rings (SSSR count). The molecule has 5 amide bonds. The highest BCUT2D eigenvalue weighted by Crippen LogP contribution is 2.60. The van der Waals surface area contributed by atoms with Gasteiger partial charge < -0.3 is 15.5 Å². The second-order valence-corrected chi connectivity index (χ2v) is 24.9. The Morgan fingerprint density at radius 3 is 2.30 bits per heavy atom. The molecule has 4 aromatic heterocycles. The predicted molar refractivity (Wildman–Crippen MR) is 313 cm³/mol. The van der Waals surface area contributed by atoms with E-state index in [1.54, 1.807) is 4.68 Å². The number of benzene rings is 3. The number of hydrogen-bond acceptors (Lipinski definition) is 11. The number of para-hydroxylation sites is 1. The van der Waals surface area contributed by atoms with Gasteiger partial charge in [0.25, 0.3) is 11.8 Å². The third-order valence-electron chi connectivity index (χ3n) is 18.1. The van der Waals surface area contributed by atoms with Crippen LogP contribution < -0.4 is 26.2 Å². The van der Waals surface area contributed by atoms with Crippen molar-refractivity contribution in [1.29, 1.82) is 0 Å². The lowest BCUT2D eigenvalue weighted by Gasteiger charge is -2.56. The smallest absolute Gasteiger partial charge is 0.270 e. The number of rotatable bonds is 21. The number of hydrogen-bond donors (Lipinski definition) is 4. The number of thiazole rings is 1. The Morgan fingerprint density at radius 2 is 1.54 bits per heavy atom. The molecule has 4 aliphatic carbocycles. The maximum atomic E-state index is 14.5. The summed E-state index contributed by atoms with van der Waals surface area (Å²) < 4.78 is 4.96. The molecule has 4 bridgehead atoms. The van der Waals surface area contributed by atoms with Crippen LogP contribution >= 0.6 is 11.3 Å². The fourth-order valence-corrected chi connectivity index (χ4v) is 15.4. The number of nitrogens with zero attached hydrogens (tertiary/aromatic N) is 7. The largest absolute Gasteiger partial charge is 0.352 e. The van der Waals surface area contributed by atoms with Crippen molar-refractivity contribution in [3.8, 4) is 11.1 Å². The number of carbonyl (C=O) groups is 5. The van der Waals surface area contributed by atoms with E-state index in [9.17, 15) is 24.0 Å². The van der Waals surface area contributed by atoms with Gasteiger partial charge in [0, 0.05) is 79.5 Å². The zero-order valence-corrected chi connectivity index (χ0v) is 47.0. The number of nitrogens with one attached hydrogen (secondary N) is 4. The number of imide groups is 1. The monoisotopic (exact) mass is 1100 g/mol. The number of unbranched alkanes of at least 4 members (excludes halogenated alkanes) is 8. The highest BCUT2D eigenvalue weighted by molar-refractivity contribution is 7.22. The first-order chi connectivity index (χ1) is 38.9. The van der Waals surface area contributed by atoms with Crippen molar-refractivity contribution >= 4 is 78.6 Å². The van der Waals surface area contributed by atoms with Crippen LogP contribution in [0.3, 0.4) is 0 Å². The van der Waals surface area contributed by atoms with Gasteiger partial charge >= 0.3 is 0 Å². The molecule has 5 fully saturated rings. The zero-order valence-electron chi connectivity index (χ0n) is 46.2. The lowest BCUT2D eigenvalue weighted by atomic mass is 9.49. The number of piperidine rings is 1. The lowest BCUT2D eigenvalue weighted by Crippen LogP contribution is -2.48. The van der Waals surface area contributed by atoms with Gasteiger partial charge in [0.05, 0.1) is 33.5 Å². The second-order valence-electron chi connectivity index (χ2n) is 23.8. The molecular formula is C63H73N11O5S. The molecule has 2 aliphatic heterocycles. The van der Waals surface area contributed by atoms with Crippen molar-refractivity contribution in [1.82, 2.24) is 40.2 Å². The van der Waals surface area contributed by atoms with E-state index in [1.807, 2.05) is 73.9 Å². The number of amides is 5.